The van der Waals surface area contributed by atoms with Gasteiger partial charge < -0.3 is 5.32 Å². The molecule has 3 atom stereocenters. The number of nitrogens with one attached hydrogen (secondary N) is 1. The molecular weight excluding hydrogens is 272 g/mol. The number of hydrogen-bond donors (Lipinski definition) is 1. The van der Waals surface area contributed by atoms with Crippen LogP contribution in [0.1, 0.15) is 38.6 Å². The SMILES string of the molecule is CCC(C)C1CNC(C)CN1Cc1c(Cl)c(C)nn1C. The molecule has 20 heavy (non-hydrogen) atoms. The molecule has 1 aliphatic heterocycles. The molecule has 4 nitrogen and oxygen atoms in total. The van der Waals surface area contributed by atoms with Crippen LogP contribution in [0.15, 0.2) is 0 Å². The Balaban J connectivity index is 2.18. The van der Waals surface area contributed by atoms with Gasteiger partial charge in [0.2, 0.25) is 0 Å². The Morgan fingerprint density at radius 1 is 1.50 bits per heavy atom. The first-order valence-electron chi connectivity index (χ1n) is 7.59. The number of piperazine rings is 1. The molecule has 0 radical (unpaired) electrons. The highest BCUT2D eigenvalue weighted by Crippen LogP contribution is 2.25. The standard InChI is InChI=1S/C15H27ClN4/c1-6-10(2)13-7-17-11(3)8-20(13)9-14-15(16)12(4)18-19(14)5/h10-11,13,17H,6-9H2,1-5H3. The number of hydrogen-bond acceptors (Lipinski definition) is 3. The number of aromatic nitrogens is 2. The van der Waals surface area contributed by atoms with Gasteiger partial charge in [-0.2, -0.15) is 5.10 Å². The third kappa shape index (κ3) is 3.18. The van der Waals surface area contributed by atoms with Gasteiger partial charge in [-0.15, -0.1) is 0 Å². The second-order valence-electron chi connectivity index (χ2n) is 6.16. The van der Waals surface area contributed by atoms with E-state index in [9.17, 15) is 0 Å². The van der Waals surface area contributed by atoms with Crippen LogP contribution in [-0.2, 0) is 13.6 Å². The van der Waals surface area contributed by atoms with E-state index in [0.717, 1.165) is 36.0 Å². The van der Waals surface area contributed by atoms with Gasteiger partial charge in [0.1, 0.15) is 0 Å². The predicted molar refractivity (Wildman–Crippen MR) is 84.1 cm³/mol. The lowest BCUT2D eigenvalue weighted by atomic mass is 9.94. The van der Waals surface area contributed by atoms with E-state index in [-0.39, 0.29) is 0 Å². The van der Waals surface area contributed by atoms with E-state index in [1.165, 1.54) is 6.42 Å². The summed E-state index contributed by atoms with van der Waals surface area (Å²) in [7, 11) is 1.98. The molecule has 2 heterocycles. The van der Waals surface area contributed by atoms with Gasteiger partial charge in [0, 0.05) is 38.8 Å². The topological polar surface area (TPSA) is 33.1 Å². The summed E-state index contributed by atoms with van der Waals surface area (Å²) >= 11 is 6.41. The largest absolute Gasteiger partial charge is 0.311 e. The molecule has 2 rings (SSSR count). The summed E-state index contributed by atoms with van der Waals surface area (Å²) in [5.41, 5.74) is 2.05. The fourth-order valence-corrected chi connectivity index (χ4v) is 3.28. The van der Waals surface area contributed by atoms with Crippen LogP contribution in [0.5, 0.6) is 0 Å². The van der Waals surface area contributed by atoms with E-state index < -0.39 is 0 Å². The fourth-order valence-electron chi connectivity index (χ4n) is 3.06. The van der Waals surface area contributed by atoms with Crippen molar-refractivity contribution in [2.75, 3.05) is 13.1 Å². The molecule has 0 bridgehead atoms. The first kappa shape index (κ1) is 15.8. The summed E-state index contributed by atoms with van der Waals surface area (Å²) < 4.78 is 1.93. The Bertz CT molecular complexity index is 457. The number of halogens is 1. The van der Waals surface area contributed by atoms with E-state index in [1.54, 1.807) is 0 Å². The van der Waals surface area contributed by atoms with Crippen molar-refractivity contribution in [1.82, 2.24) is 20.0 Å². The minimum Gasteiger partial charge on any atom is -0.311 e. The van der Waals surface area contributed by atoms with Gasteiger partial charge in [0.25, 0.3) is 0 Å². The highest BCUT2D eigenvalue weighted by atomic mass is 35.5. The zero-order valence-electron chi connectivity index (χ0n) is 13.3. The molecule has 3 unspecified atom stereocenters. The Morgan fingerprint density at radius 3 is 2.75 bits per heavy atom. The maximum Gasteiger partial charge on any atom is 0.0860 e. The van der Waals surface area contributed by atoms with E-state index in [0.29, 0.717) is 18.0 Å². The van der Waals surface area contributed by atoms with Crippen LogP contribution in [0.2, 0.25) is 5.02 Å². The third-order valence-electron chi connectivity index (χ3n) is 4.57. The molecule has 1 saturated heterocycles. The van der Waals surface area contributed by atoms with Gasteiger partial charge in [-0.3, -0.25) is 9.58 Å². The average Bonchev–Trinajstić information content (AvgIpc) is 2.65. The Labute approximate surface area is 127 Å². The van der Waals surface area contributed by atoms with Crippen molar-refractivity contribution in [3.05, 3.63) is 16.4 Å². The van der Waals surface area contributed by atoms with E-state index >= 15 is 0 Å². The minimum atomic E-state index is 0.531. The maximum atomic E-state index is 6.41. The predicted octanol–water partition coefficient (Wildman–Crippen LogP) is 2.59. The Morgan fingerprint density at radius 2 is 2.20 bits per heavy atom. The molecule has 0 saturated carbocycles. The number of nitrogens with zero attached hydrogens (tertiary/aromatic N) is 3. The molecule has 0 spiro atoms. The molecular formula is C15H27ClN4. The summed E-state index contributed by atoms with van der Waals surface area (Å²) in [6, 6.07) is 1.10. The van der Waals surface area contributed by atoms with Crippen LogP contribution in [-0.4, -0.2) is 39.9 Å². The number of aryl methyl sites for hydroxylation is 2. The van der Waals surface area contributed by atoms with Crippen molar-refractivity contribution in [1.29, 1.82) is 0 Å². The normalized spacial score (nSPS) is 25.9. The minimum absolute atomic E-state index is 0.531. The summed E-state index contributed by atoms with van der Waals surface area (Å²) in [5, 5.41) is 8.85. The molecule has 5 heteroatoms. The van der Waals surface area contributed by atoms with Crippen LogP contribution in [0, 0.1) is 12.8 Å². The second-order valence-corrected chi connectivity index (χ2v) is 6.54. The van der Waals surface area contributed by atoms with Crippen LogP contribution in [0.4, 0.5) is 0 Å². The zero-order valence-corrected chi connectivity index (χ0v) is 14.0. The van der Waals surface area contributed by atoms with Crippen molar-refractivity contribution in [2.45, 2.75) is 52.7 Å². The summed E-state index contributed by atoms with van der Waals surface area (Å²) in [4.78, 5) is 2.57. The monoisotopic (exact) mass is 298 g/mol. The second kappa shape index (κ2) is 6.46. The molecule has 1 aromatic rings. The van der Waals surface area contributed by atoms with Gasteiger partial charge in [-0.1, -0.05) is 31.9 Å². The lowest BCUT2D eigenvalue weighted by molar-refractivity contribution is 0.0861. The highest BCUT2D eigenvalue weighted by molar-refractivity contribution is 6.31. The van der Waals surface area contributed by atoms with Crippen molar-refractivity contribution >= 4 is 11.6 Å². The first-order chi connectivity index (χ1) is 9.43. The van der Waals surface area contributed by atoms with Crippen LogP contribution in [0.25, 0.3) is 0 Å². The summed E-state index contributed by atoms with van der Waals surface area (Å²) in [6.45, 7) is 11.8. The van der Waals surface area contributed by atoms with Crippen molar-refractivity contribution in [2.24, 2.45) is 13.0 Å². The van der Waals surface area contributed by atoms with Crippen molar-refractivity contribution in [3.63, 3.8) is 0 Å². The average molecular weight is 299 g/mol. The van der Waals surface area contributed by atoms with Crippen LogP contribution >= 0.6 is 11.6 Å². The zero-order chi connectivity index (χ0) is 14.9. The van der Waals surface area contributed by atoms with Gasteiger partial charge in [-0.25, -0.2) is 0 Å². The van der Waals surface area contributed by atoms with E-state index in [2.05, 4.69) is 36.1 Å². The molecule has 1 fully saturated rings. The number of rotatable bonds is 4. The molecule has 0 aliphatic carbocycles. The molecule has 1 N–H and O–H groups in total. The smallest absolute Gasteiger partial charge is 0.0860 e. The lowest BCUT2D eigenvalue weighted by Crippen LogP contribution is -2.57. The van der Waals surface area contributed by atoms with Crippen molar-refractivity contribution in [3.8, 4) is 0 Å². The van der Waals surface area contributed by atoms with Crippen molar-refractivity contribution < 1.29 is 0 Å². The molecule has 1 aromatic heterocycles. The molecule has 0 aromatic carbocycles. The molecule has 1 aliphatic rings. The van der Waals surface area contributed by atoms with Gasteiger partial charge in [-0.05, 0) is 19.8 Å². The summed E-state index contributed by atoms with van der Waals surface area (Å²) in [6.07, 6.45) is 1.20. The molecule has 0 amide bonds. The van der Waals surface area contributed by atoms with Gasteiger partial charge in [0.15, 0.2) is 0 Å². The quantitative estimate of drug-likeness (QED) is 0.927. The highest BCUT2D eigenvalue weighted by Gasteiger charge is 2.30. The van der Waals surface area contributed by atoms with Crippen LogP contribution < -0.4 is 5.32 Å². The van der Waals surface area contributed by atoms with Gasteiger partial charge in [0.05, 0.1) is 16.4 Å². The van der Waals surface area contributed by atoms with Gasteiger partial charge >= 0.3 is 0 Å². The van der Waals surface area contributed by atoms with E-state index in [1.807, 2.05) is 18.7 Å². The lowest BCUT2D eigenvalue weighted by Gasteiger charge is -2.42. The summed E-state index contributed by atoms with van der Waals surface area (Å²) in [5.74, 6) is 0.683. The maximum absolute atomic E-state index is 6.41. The molecule has 114 valence electrons. The third-order valence-corrected chi connectivity index (χ3v) is 5.06. The fraction of sp³-hybridized carbons (Fsp3) is 0.800. The Hall–Kier alpha value is -0.580. The first-order valence-corrected chi connectivity index (χ1v) is 7.97. The van der Waals surface area contributed by atoms with Crippen LogP contribution in [0.3, 0.4) is 0 Å². The Kier molecular flexibility index (Phi) is 5.10. The van der Waals surface area contributed by atoms with E-state index in [4.69, 9.17) is 11.6 Å².